The van der Waals surface area contributed by atoms with Crippen LogP contribution in [0.25, 0.3) is 0 Å². The van der Waals surface area contributed by atoms with Crippen molar-refractivity contribution in [2.75, 3.05) is 0 Å². The van der Waals surface area contributed by atoms with Crippen molar-refractivity contribution in [3.63, 3.8) is 0 Å². The predicted octanol–water partition coefficient (Wildman–Crippen LogP) is -5.17. The Balaban J connectivity index is -0.00000000827. The molecule has 0 aliphatic heterocycles. The van der Waals surface area contributed by atoms with Gasteiger partial charge in [-0.25, -0.2) is 0 Å². The quantitative estimate of drug-likeness (QED) is 0.233. The van der Waals surface area contributed by atoms with E-state index < -0.39 is 15.3 Å². The van der Waals surface area contributed by atoms with Crippen molar-refractivity contribution in [2.24, 2.45) is 0 Å². The average Bonchev–Trinajstić information content (AvgIpc) is 1.54. The molecule has 18 heteroatoms. The maximum absolute atomic E-state index is 8.36. The fourth-order valence-electron chi connectivity index (χ4n) is 0. The average molecular weight is 452 g/mol. The molecule has 0 bridgehead atoms. The summed E-state index contributed by atoms with van der Waals surface area (Å²) in [7, 11) is 0. The van der Waals surface area contributed by atoms with Crippen molar-refractivity contribution in [2.45, 2.75) is 0 Å². The van der Waals surface area contributed by atoms with Crippen LogP contribution in [0.3, 0.4) is 0 Å². The molecule has 17 nitrogen and oxygen atoms in total. The van der Waals surface area contributed by atoms with E-state index >= 15 is 0 Å². The first-order chi connectivity index (χ1) is 5.20. The number of hydrogen-bond acceptors (Lipinski definition) is 6. The van der Waals surface area contributed by atoms with Crippen molar-refractivity contribution in [3.05, 3.63) is 30.3 Å². The third-order valence-corrected chi connectivity index (χ3v) is 0. The van der Waals surface area contributed by atoms with Crippen molar-refractivity contribution in [3.8, 4) is 0 Å². The molecule has 1 radical (unpaired) electrons. The Morgan fingerprint density at radius 2 is 0.556 bits per heavy atom. The van der Waals surface area contributed by atoms with E-state index in [1.807, 2.05) is 0 Å². The molecule has 0 rings (SSSR count). The largest absolute Gasteiger partial charge is 3.00 e. The van der Waals surface area contributed by atoms with Crippen LogP contribution < -0.4 is 0 Å². The van der Waals surface area contributed by atoms with Crippen LogP contribution in [0.5, 0.6) is 0 Å². The normalized spacial score (nSPS) is 4.00. The molecule has 18 heavy (non-hydrogen) atoms. The van der Waals surface area contributed by atoms with Crippen LogP contribution in [-0.2, 0) is 0 Å². The zero-order valence-electron chi connectivity index (χ0n) is 7.90. The van der Waals surface area contributed by atoms with E-state index in [4.69, 9.17) is 46.0 Å². The van der Waals surface area contributed by atoms with Gasteiger partial charge in [-0.3, -0.25) is 0 Å². The summed E-state index contributed by atoms with van der Waals surface area (Å²) >= 11 is 0. The minimum Gasteiger partial charge on any atom is -0.412 e. The second-order valence-corrected chi connectivity index (χ2v) is 0.714. The molecule has 0 fully saturated rings. The van der Waals surface area contributed by atoms with E-state index in [0.717, 1.165) is 0 Å². The van der Waals surface area contributed by atoms with Gasteiger partial charge in [-0.1, -0.05) is 0 Å². The number of nitrogens with zero attached hydrogens (tertiary/aromatic N) is 3. The maximum Gasteiger partial charge on any atom is 3.00 e. The Morgan fingerprint density at radius 1 is 0.556 bits per heavy atom. The Labute approximate surface area is 135 Å². The molecular weight excluding hydrogens is 439 g/mol. The van der Waals surface area contributed by atoms with Gasteiger partial charge in [0.25, 0.3) is 15.3 Å². The van der Waals surface area contributed by atoms with Crippen LogP contribution in [0.2, 0.25) is 0 Å². The Bertz CT molecular complexity index is 115. The molecule has 0 aromatic carbocycles. The number of rotatable bonds is 0. The van der Waals surface area contributed by atoms with E-state index in [2.05, 4.69) is 0 Å². The van der Waals surface area contributed by atoms with Gasteiger partial charge in [0, 0.05) is 0 Å². The molecule has 0 unspecified atom stereocenters. The molecular formula is H13N3O14Yb+3. The van der Waals surface area contributed by atoms with Crippen molar-refractivity contribution >= 4 is 0 Å². The van der Waals surface area contributed by atoms with Gasteiger partial charge in [0.2, 0.25) is 0 Å². The van der Waals surface area contributed by atoms with Crippen molar-refractivity contribution < 1.29 is 105 Å². The first-order valence-corrected chi connectivity index (χ1v) is 1.70. The minimum atomic E-state index is -1.50. The van der Waals surface area contributed by atoms with E-state index in [-0.39, 0.29) is 74.3 Å². The third-order valence-electron chi connectivity index (χ3n) is 0. The van der Waals surface area contributed by atoms with E-state index in [1.54, 1.807) is 0 Å². The Morgan fingerprint density at radius 3 is 0.556 bits per heavy atom. The molecule has 0 saturated carbocycles. The van der Waals surface area contributed by atoms with Crippen LogP contribution in [0.1, 0.15) is 0 Å². The van der Waals surface area contributed by atoms with Gasteiger partial charge in [0.05, 0.1) is 0 Å². The fourth-order valence-corrected chi connectivity index (χ4v) is 0. The van der Waals surface area contributed by atoms with Crippen LogP contribution >= 0.6 is 0 Å². The van der Waals surface area contributed by atoms with Crippen LogP contribution in [-0.4, -0.2) is 58.3 Å². The third kappa shape index (κ3) is 2480. The van der Waals surface area contributed by atoms with Gasteiger partial charge >= 0.3 is 46.9 Å². The maximum atomic E-state index is 8.36. The molecule has 0 spiro atoms. The van der Waals surface area contributed by atoms with Gasteiger partial charge < -0.3 is 43.0 Å². The van der Waals surface area contributed by atoms with Crippen LogP contribution in [0.4, 0.5) is 0 Å². The van der Waals surface area contributed by atoms with Crippen molar-refractivity contribution in [1.29, 1.82) is 0 Å². The topological polar surface area (TPSA) is 348 Å². The van der Waals surface area contributed by atoms with E-state index in [1.165, 1.54) is 0 Å². The van der Waals surface area contributed by atoms with Gasteiger partial charge in [0.15, 0.2) is 0 Å². The minimum absolute atomic E-state index is 0. The van der Waals surface area contributed by atoms with Gasteiger partial charge in [-0.05, 0) is 0 Å². The summed E-state index contributed by atoms with van der Waals surface area (Å²) in [5.74, 6) is 0. The molecule has 0 saturated heterocycles. The summed E-state index contributed by atoms with van der Waals surface area (Å²) < 4.78 is 0. The molecule has 0 aliphatic rings. The van der Waals surface area contributed by atoms with Crippen molar-refractivity contribution in [1.82, 2.24) is 0 Å². The first-order valence-electron chi connectivity index (χ1n) is 1.70. The molecule has 0 atom stereocenters. The molecule has 0 aromatic rings. The smallest absolute Gasteiger partial charge is 0.412 e. The summed E-state index contributed by atoms with van der Waals surface area (Å²) in [6, 6.07) is 0. The molecule has 123 valence electrons. The molecule has 0 aromatic heterocycles. The van der Waals surface area contributed by atoms with Gasteiger partial charge in [-0.2, -0.15) is 0 Å². The monoisotopic (exact) mass is 453 g/mol. The van der Waals surface area contributed by atoms with Crippen LogP contribution in [0, 0.1) is 77.3 Å². The SMILES string of the molecule is O.O.O.O.O.O=[N+]([O-])O.O=[N+]([O-])O.O=[N+]([O-])O.[Yb+3]. The standard InChI is InChI=1S/3HNO3.5H2O.Yb/c3*2-1(3)4;;;;;;/h3*(H,2,3,4);5*1H2;/q;;;;;;;;+3. The molecule has 13 N–H and O–H groups in total. The molecule has 0 aliphatic carbocycles. The zero-order valence-corrected chi connectivity index (χ0v) is 9.61. The van der Waals surface area contributed by atoms with E-state index in [9.17, 15) is 0 Å². The second kappa shape index (κ2) is 56.5. The van der Waals surface area contributed by atoms with E-state index in [0.29, 0.717) is 0 Å². The molecule has 0 amide bonds. The summed E-state index contributed by atoms with van der Waals surface area (Å²) in [6.07, 6.45) is 0. The van der Waals surface area contributed by atoms with Gasteiger partial charge in [0.1, 0.15) is 0 Å². The summed E-state index contributed by atoms with van der Waals surface area (Å²) in [5.41, 5.74) is 0. The zero-order chi connectivity index (χ0) is 10.7. The van der Waals surface area contributed by atoms with Crippen LogP contribution in [0.15, 0.2) is 0 Å². The summed E-state index contributed by atoms with van der Waals surface area (Å²) in [5, 5.41) is 40.9. The summed E-state index contributed by atoms with van der Waals surface area (Å²) in [4.78, 5) is 25.1. The fraction of sp³-hybridized carbons (Fsp3) is 0. The predicted molar refractivity (Wildman–Crippen MR) is 44.4 cm³/mol. The Kier molecular flexibility index (Phi) is 215. The first kappa shape index (κ1) is 68.4. The number of hydrogen-bond donors (Lipinski definition) is 3. The second-order valence-electron chi connectivity index (χ2n) is 0.714. The summed E-state index contributed by atoms with van der Waals surface area (Å²) in [6.45, 7) is 0. The Hall–Kier alpha value is -1.08. The molecule has 0 heterocycles. The van der Waals surface area contributed by atoms with Gasteiger partial charge in [-0.15, -0.1) is 30.3 Å².